The molecule has 0 spiro atoms. The van der Waals surface area contributed by atoms with Crippen molar-refractivity contribution in [3.05, 3.63) is 48.4 Å². The Hall–Kier alpha value is -3.23. The van der Waals surface area contributed by atoms with Crippen LogP contribution in [0.2, 0.25) is 0 Å². The summed E-state index contributed by atoms with van der Waals surface area (Å²) >= 11 is 0. The molecule has 1 saturated heterocycles. The summed E-state index contributed by atoms with van der Waals surface area (Å²) in [6.07, 6.45) is 4.87. The standard InChI is InChI=1S/C17H17FN6O2/c18-13-5-3-11(4-6-13)15-22-16(26-23-15)12-2-1-7-24(10-12)17(25)21-14-8-19-20-9-14/h3-6,8-9,12H,1-2,7,10H2,(H,19,20)(H,21,25). The quantitative estimate of drug-likeness (QED) is 0.751. The molecule has 4 rings (SSSR count). The maximum Gasteiger partial charge on any atom is 0.321 e. The van der Waals surface area contributed by atoms with Gasteiger partial charge in [0.1, 0.15) is 5.82 Å². The molecule has 8 nitrogen and oxygen atoms in total. The Morgan fingerprint density at radius 2 is 2.19 bits per heavy atom. The van der Waals surface area contributed by atoms with E-state index in [0.29, 0.717) is 36.1 Å². The third kappa shape index (κ3) is 3.41. The summed E-state index contributed by atoms with van der Waals surface area (Å²) in [5.74, 6) is 0.565. The first-order valence-corrected chi connectivity index (χ1v) is 8.33. The molecule has 3 heterocycles. The second kappa shape index (κ2) is 6.95. The van der Waals surface area contributed by atoms with E-state index < -0.39 is 0 Å². The number of carbonyl (C=O) groups excluding carboxylic acids is 1. The summed E-state index contributed by atoms with van der Waals surface area (Å²) in [7, 11) is 0. The smallest absolute Gasteiger partial charge is 0.321 e. The van der Waals surface area contributed by atoms with Crippen molar-refractivity contribution in [2.75, 3.05) is 18.4 Å². The number of benzene rings is 1. The number of piperidine rings is 1. The fourth-order valence-corrected chi connectivity index (χ4v) is 3.00. The van der Waals surface area contributed by atoms with Crippen LogP contribution < -0.4 is 5.32 Å². The zero-order valence-corrected chi connectivity index (χ0v) is 13.9. The lowest BCUT2D eigenvalue weighted by Gasteiger charge is -2.30. The Morgan fingerprint density at radius 3 is 2.96 bits per heavy atom. The number of H-pyrrole nitrogens is 1. The van der Waals surface area contributed by atoms with E-state index in [4.69, 9.17) is 4.52 Å². The normalized spacial score (nSPS) is 17.3. The second-order valence-electron chi connectivity index (χ2n) is 6.17. The first-order chi connectivity index (χ1) is 12.7. The Labute approximate surface area is 148 Å². The molecular weight excluding hydrogens is 339 g/mol. The minimum atomic E-state index is -0.316. The number of halogens is 1. The van der Waals surface area contributed by atoms with Gasteiger partial charge in [0.25, 0.3) is 0 Å². The molecule has 26 heavy (non-hydrogen) atoms. The van der Waals surface area contributed by atoms with Crippen LogP contribution >= 0.6 is 0 Å². The molecule has 1 unspecified atom stereocenters. The average Bonchev–Trinajstić information content (AvgIpc) is 3.34. The second-order valence-corrected chi connectivity index (χ2v) is 6.17. The van der Waals surface area contributed by atoms with Gasteiger partial charge >= 0.3 is 6.03 Å². The van der Waals surface area contributed by atoms with E-state index in [-0.39, 0.29) is 17.8 Å². The Bertz CT molecular complexity index is 877. The highest BCUT2D eigenvalue weighted by Gasteiger charge is 2.29. The van der Waals surface area contributed by atoms with E-state index in [2.05, 4.69) is 25.7 Å². The molecule has 1 aromatic carbocycles. The number of aromatic nitrogens is 4. The molecule has 134 valence electrons. The van der Waals surface area contributed by atoms with Crippen molar-refractivity contribution in [2.24, 2.45) is 0 Å². The summed E-state index contributed by atoms with van der Waals surface area (Å²) in [4.78, 5) is 18.5. The maximum atomic E-state index is 13.0. The Morgan fingerprint density at radius 1 is 1.35 bits per heavy atom. The number of likely N-dealkylation sites (tertiary alicyclic amines) is 1. The molecule has 1 aliphatic heterocycles. The fraction of sp³-hybridized carbons (Fsp3) is 0.294. The summed E-state index contributed by atoms with van der Waals surface area (Å²) in [6.45, 7) is 1.16. The summed E-state index contributed by atoms with van der Waals surface area (Å²) in [5, 5.41) is 13.2. The van der Waals surface area contributed by atoms with Gasteiger partial charge in [-0.2, -0.15) is 10.1 Å². The van der Waals surface area contributed by atoms with Crippen LogP contribution in [0.25, 0.3) is 11.4 Å². The SMILES string of the molecule is O=C(Nc1cn[nH]c1)N1CCCC(c2nc(-c3ccc(F)cc3)no2)C1. The highest BCUT2D eigenvalue weighted by molar-refractivity contribution is 5.89. The van der Waals surface area contributed by atoms with Crippen LogP contribution in [-0.2, 0) is 0 Å². The molecule has 1 fully saturated rings. The van der Waals surface area contributed by atoms with Gasteiger partial charge in [0.15, 0.2) is 0 Å². The van der Waals surface area contributed by atoms with Crippen molar-refractivity contribution >= 4 is 11.7 Å². The van der Waals surface area contributed by atoms with Gasteiger partial charge in [-0.1, -0.05) is 5.16 Å². The van der Waals surface area contributed by atoms with E-state index in [1.165, 1.54) is 12.1 Å². The number of nitrogens with zero attached hydrogens (tertiary/aromatic N) is 4. The van der Waals surface area contributed by atoms with Crippen LogP contribution in [0, 0.1) is 5.82 Å². The van der Waals surface area contributed by atoms with Crippen LogP contribution in [0.1, 0.15) is 24.7 Å². The lowest BCUT2D eigenvalue weighted by Crippen LogP contribution is -2.41. The van der Waals surface area contributed by atoms with Gasteiger partial charge < -0.3 is 14.7 Å². The summed E-state index contributed by atoms with van der Waals surface area (Å²) in [5.41, 5.74) is 1.31. The Balaban J connectivity index is 1.44. The van der Waals surface area contributed by atoms with Crippen LogP contribution in [0.3, 0.4) is 0 Å². The number of nitrogens with one attached hydrogen (secondary N) is 2. The highest BCUT2D eigenvalue weighted by atomic mass is 19.1. The number of carbonyl (C=O) groups is 1. The van der Waals surface area contributed by atoms with E-state index in [1.807, 2.05) is 0 Å². The van der Waals surface area contributed by atoms with Gasteiger partial charge in [-0.3, -0.25) is 5.10 Å². The third-order valence-electron chi connectivity index (χ3n) is 4.35. The van der Waals surface area contributed by atoms with Gasteiger partial charge in [0.05, 0.1) is 17.8 Å². The molecule has 1 atom stereocenters. The number of hydrogen-bond donors (Lipinski definition) is 2. The summed E-state index contributed by atoms with van der Waals surface area (Å²) < 4.78 is 18.4. The molecule has 0 aliphatic carbocycles. The minimum absolute atomic E-state index is 0.0273. The average molecular weight is 356 g/mol. The van der Waals surface area contributed by atoms with Gasteiger partial charge in [0.2, 0.25) is 11.7 Å². The Kier molecular flexibility index (Phi) is 4.34. The molecule has 2 amide bonds. The molecule has 9 heteroatoms. The molecule has 0 saturated carbocycles. The number of rotatable bonds is 3. The fourth-order valence-electron chi connectivity index (χ4n) is 3.00. The van der Waals surface area contributed by atoms with Crippen molar-refractivity contribution in [1.82, 2.24) is 25.2 Å². The number of hydrogen-bond acceptors (Lipinski definition) is 5. The number of amides is 2. The van der Waals surface area contributed by atoms with Crippen LogP contribution in [-0.4, -0.2) is 44.4 Å². The molecule has 0 radical (unpaired) electrons. The maximum absolute atomic E-state index is 13.0. The third-order valence-corrected chi connectivity index (χ3v) is 4.35. The molecule has 1 aliphatic rings. The van der Waals surface area contributed by atoms with Crippen LogP contribution in [0.15, 0.2) is 41.2 Å². The molecular formula is C17H17FN6O2. The van der Waals surface area contributed by atoms with Crippen molar-refractivity contribution in [3.63, 3.8) is 0 Å². The van der Waals surface area contributed by atoms with E-state index in [1.54, 1.807) is 29.4 Å². The first kappa shape index (κ1) is 16.2. The molecule has 2 N–H and O–H groups in total. The zero-order valence-electron chi connectivity index (χ0n) is 13.9. The van der Waals surface area contributed by atoms with Gasteiger partial charge in [0, 0.05) is 24.8 Å². The van der Waals surface area contributed by atoms with E-state index in [0.717, 1.165) is 12.8 Å². The first-order valence-electron chi connectivity index (χ1n) is 8.33. The van der Waals surface area contributed by atoms with Gasteiger partial charge in [-0.15, -0.1) is 0 Å². The van der Waals surface area contributed by atoms with Crippen molar-refractivity contribution in [2.45, 2.75) is 18.8 Å². The van der Waals surface area contributed by atoms with E-state index in [9.17, 15) is 9.18 Å². The van der Waals surface area contributed by atoms with Gasteiger partial charge in [-0.05, 0) is 37.1 Å². The predicted molar refractivity (Wildman–Crippen MR) is 90.8 cm³/mol. The van der Waals surface area contributed by atoms with Gasteiger partial charge in [-0.25, -0.2) is 9.18 Å². The minimum Gasteiger partial charge on any atom is -0.339 e. The monoisotopic (exact) mass is 356 g/mol. The number of aromatic amines is 1. The van der Waals surface area contributed by atoms with Crippen LogP contribution in [0.5, 0.6) is 0 Å². The largest absolute Gasteiger partial charge is 0.339 e. The summed E-state index contributed by atoms with van der Waals surface area (Å²) in [6, 6.07) is 5.74. The van der Waals surface area contributed by atoms with Crippen LogP contribution in [0.4, 0.5) is 14.9 Å². The predicted octanol–water partition coefficient (Wildman–Crippen LogP) is 3.01. The van der Waals surface area contributed by atoms with Crippen molar-refractivity contribution < 1.29 is 13.7 Å². The highest BCUT2D eigenvalue weighted by Crippen LogP contribution is 2.28. The lowest BCUT2D eigenvalue weighted by molar-refractivity contribution is 0.184. The molecule has 0 bridgehead atoms. The zero-order chi connectivity index (χ0) is 17.9. The number of anilines is 1. The lowest BCUT2D eigenvalue weighted by atomic mass is 9.98. The van der Waals surface area contributed by atoms with E-state index >= 15 is 0 Å². The number of urea groups is 1. The topological polar surface area (TPSA) is 99.9 Å². The van der Waals surface area contributed by atoms with Crippen molar-refractivity contribution in [1.29, 1.82) is 0 Å². The van der Waals surface area contributed by atoms with Crippen molar-refractivity contribution in [3.8, 4) is 11.4 Å². The molecule has 2 aromatic heterocycles. The molecule has 3 aromatic rings.